The molecule has 3 rings (SSSR count). The summed E-state index contributed by atoms with van der Waals surface area (Å²) in [6.45, 7) is 3.34. The molecule has 2 aromatic rings. The van der Waals surface area contributed by atoms with E-state index in [0.29, 0.717) is 37.3 Å². The first-order chi connectivity index (χ1) is 12.0. The molecule has 0 aliphatic carbocycles. The fourth-order valence-corrected chi connectivity index (χ4v) is 3.23. The third-order valence-electron chi connectivity index (χ3n) is 4.70. The number of amides is 2. The molecule has 5 heteroatoms. The zero-order chi connectivity index (χ0) is 17.9. The molecule has 0 saturated carbocycles. The van der Waals surface area contributed by atoms with E-state index in [2.05, 4.69) is 0 Å². The molecule has 1 N–H and O–H groups in total. The fraction of sp³-hybridized carbons (Fsp3) is 0.300. The lowest BCUT2D eigenvalue weighted by molar-refractivity contribution is -0.151. The summed E-state index contributed by atoms with van der Waals surface area (Å²) < 4.78 is 0. The minimum atomic E-state index is -1.74. The topological polar surface area (TPSA) is 60.9 Å². The van der Waals surface area contributed by atoms with Crippen molar-refractivity contribution < 1.29 is 14.7 Å². The summed E-state index contributed by atoms with van der Waals surface area (Å²) in [4.78, 5) is 28.1. The Morgan fingerprint density at radius 1 is 0.800 bits per heavy atom. The molecule has 0 unspecified atom stereocenters. The molecule has 2 amide bonds. The van der Waals surface area contributed by atoms with Crippen LogP contribution in [0.1, 0.15) is 18.1 Å². The van der Waals surface area contributed by atoms with Gasteiger partial charge in [-0.25, -0.2) is 0 Å². The van der Waals surface area contributed by atoms with Crippen molar-refractivity contribution in [1.29, 1.82) is 0 Å². The smallest absolute Gasteiger partial charge is 0.264 e. The molecule has 1 saturated heterocycles. The second kappa shape index (κ2) is 7.07. The molecule has 5 nitrogen and oxygen atoms in total. The molecule has 0 spiro atoms. The van der Waals surface area contributed by atoms with Crippen LogP contribution in [0, 0.1) is 0 Å². The van der Waals surface area contributed by atoms with Crippen LogP contribution in [0.3, 0.4) is 0 Å². The van der Waals surface area contributed by atoms with E-state index in [1.165, 1.54) is 6.92 Å². The molecular weight excluding hydrogens is 316 g/mol. The van der Waals surface area contributed by atoms with Crippen LogP contribution < -0.4 is 0 Å². The van der Waals surface area contributed by atoms with Crippen LogP contribution in [0.15, 0.2) is 60.7 Å². The van der Waals surface area contributed by atoms with E-state index in [1.54, 1.807) is 34.1 Å². The largest absolute Gasteiger partial charge is 0.372 e. The van der Waals surface area contributed by atoms with Gasteiger partial charge < -0.3 is 14.9 Å². The quantitative estimate of drug-likeness (QED) is 0.925. The third-order valence-corrected chi connectivity index (χ3v) is 4.70. The van der Waals surface area contributed by atoms with Crippen molar-refractivity contribution in [2.45, 2.75) is 12.5 Å². The summed E-state index contributed by atoms with van der Waals surface area (Å²) in [5, 5.41) is 11.5. The Kier molecular flexibility index (Phi) is 4.86. The monoisotopic (exact) mass is 338 g/mol. The fourth-order valence-electron chi connectivity index (χ4n) is 3.23. The summed E-state index contributed by atoms with van der Waals surface area (Å²) in [5.74, 6) is -0.346. The van der Waals surface area contributed by atoms with Crippen molar-refractivity contribution in [2.75, 3.05) is 26.2 Å². The number of aliphatic hydroxyl groups is 1. The molecule has 1 heterocycles. The normalized spacial score (nSPS) is 15.1. The first kappa shape index (κ1) is 17.2. The number of benzene rings is 2. The summed E-state index contributed by atoms with van der Waals surface area (Å²) in [5.41, 5.74) is -0.652. The minimum Gasteiger partial charge on any atom is -0.372 e. The van der Waals surface area contributed by atoms with Crippen molar-refractivity contribution in [1.82, 2.24) is 9.80 Å². The highest BCUT2D eigenvalue weighted by Crippen LogP contribution is 2.32. The Bertz CT molecular complexity index is 699. The Morgan fingerprint density at radius 2 is 1.20 bits per heavy atom. The molecule has 2 aromatic carbocycles. The summed E-state index contributed by atoms with van der Waals surface area (Å²) in [7, 11) is 0. The number of piperazine rings is 1. The average molecular weight is 338 g/mol. The van der Waals surface area contributed by atoms with Gasteiger partial charge in [0.05, 0.1) is 0 Å². The molecule has 0 aromatic heterocycles. The van der Waals surface area contributed by atoms with Crippen molar-refractivity contribution in [3.63, 3.8) is 0 Å². The zero-order valence-corrected chi connectivity index (χ0v) is 14.3. The maximum Gasteiger partial charge on any atom is 0.264 e. The number of hydrogen-bond donors (Lipinski definition) is 1. The van der Waals surface area contributed by atoms with E-state index in [0.717, 1.165) is 0 Å². The van der Waals surface area contributed by atoms with Gasteiger partial charge >= 0.3 is 0 Å². The molecule has 0 radical (unpaired) electrons. The number of nitrogens with zero attached hydrogens (tertiary/aromatic N) is 2. The Labute approximate surface area is 147 Å². The van der Waals surface area contributed by atoms with E-state index in [1.807, 2.05) is 36.4 Å². The van der Waals surface area contributed by atoms with Crippen LogP contribution in [0.2, 0.25) is 0 Å². The molecule has 1 aliphatic heterocycles. The lowest BCUT2D eigenvalue weighted by Crippen LogP contribution is -2.55. The van der Waals surface area contributed by atoms with Crippen molar-refractivity contribution >= 4 is 11.8 Å². The van der Waals surface area contributed by atoms with Gasteiger partial charge in [0.2, 0.25) is 5.91 Å². The van der Waals surface area contributed by atoms with Gasteiger partial charge in [-0.3, -0.25) is 9.59 Å². The number of carbonyl (C=O) groups is 2. The van der Waals surface area contributed by atoms with E-state index in [9.17, 15) is 14.7 Å². The van der Waals surface area contributed by atoms with E-state index < -0.39 is 5.60 Å². The molecule has 25 heavy (non-hydrogen) atoms. The van der Waals surface area contributed by atoms with Gasteiger partial charge in [0.1, 0.15) is 0 Å². The highest BCUT2D eigenvalue weighted by molar-refractivity contribution is 5.90. The second-order valence-electron chi connectivity index (χ2n) is 6.24. The molecule has 130 valence electrons. The molecule has 0 bridgehead atoms. The molecule has 1 aliphatic rings. The second-order valence-corrected chi connectivity index (χ2v) is 6.24. The lowest BCUT2D eigenvalue weighted by Gasteiger charge is -2.39. The molecule has 0 atom stereocenters. The van der Waals surface area contributed by atoms with Gasteiger partial charge in [-0.05, 0) is 11.1 Å². The Balaban J connectivity index is 1.93. The summed E-state index contributed by atoms with van der Waals surface area (Å²) >= 11 is 0. The lowest BCUT2D eigenvalue weighted by atomic mass is 9.85. The first-order valence-corrected chi connectivity index (χ1v) is 8.42. The summed E-state index contributed by atoms with van der Waals surface area (Å²) in [6.07, 6.45) is 0. The highest BCUT2D eigenvalue weighted by Gasteiger charge is 2.43. The summed E-state index contributed by atoms with van der Waals surface area (Å²) in [6, 6.07) is 18.0. The van der Waals surface area contributed by atoms with E-state index >= 15 is 0 Å². The van der Waals surface area contributed by atoms with Gasteiger partial charge in [-0.1, -0.05) is 60.7 Å². The maximum absolute atomic E-state index is 13.3. The van der Waals surface area contributed by atoms with Gasteiger partial charge in [-0.2, -0.15) is 0 Å². The van der Waals surface area contributed by atoms with Crippen LogP contribution in [0.25, 0.3) is 0 Å². The average Bonchev–Trinajstić information content (AvgIpc) is 2.68. The Morgan fingerprint density at radius 3 is 1.60 bits per heavy atom. The van der Waals surface area contributed by atoms with Gasteiger partial charge in [0, 0.05) is 33.1 Å². The number of hydrogen-bond acceptors (Lipinski definition) is 3. The predicted molar refractivity (Wildman–Crippen MR) is 94.7 cm³/mol. The van der Waals surface area contributed by atoms with E-state index in [4.69, 9.17) is 0 Å². The van der Waals surface area contributed by atoms with Crippen molar-refractivity contribution in [3.8, 4) is 0 Å². The van der Waals surface area contributed by atoms with E-state index in [-0.39, 0.29) is 11.8 Å². The highest BCUT2D eigenvalue weighted by atomic mass is 16.3. The van der Waals surface area contributed by atoms with Crippen LogP contribution in [-0.2, 0) is 15.2 Å². The van der Waals surface area contributed by atoms with Crippen LogP contribution in [-0.4, -0.2) is 52.9 Å². The minimum absolute atomic E-state index is 0.00785. The maximum atomic E-state index is 13.3. The van der Waals surface area contributed by atoms with Crippen LogP contribution in [0.4, 0.5) is 0 Å². The third kappa shape index (κ3) is 3.28. The standard InChI is InChI=1S/C20H22N2O3/c1-16(23)21-12-14-22(15-13-21)19(24)20(25,17-8-4-2-5-9-17)18-10-6-3-7-11-18/h2-11,25H,12-15H2,1H3. The number of carbonyl (C=O) groups excluding carboxylic acids is 2. The molecular formula is C20H22N2O3. The number of rotatable bonds is 3. The Hall–Kier alpha value is -2.66. The van der Waals surface area contributed by atoms with Gasteiger partial charge in [0.25, 0.3) is 5.91 Å². The van der Waals surface area contributed by atoms with Crippen molar-refractivity contribution in [3.05, 3.63) is 71.8 Å². The molecule has 1 fully saturated rings. The SMILES string of the molecule is CC(=O)N1CCN(C(=O)C(O)(c2ccccc2)c2ccccc2)CC1. The predicted octanol–water partition coefficient (Wildman–Crippen LogP) is 1.61. The van der Waals surface area contributed by atoms with Crippen molar-refractivity contribution in [2.24, 2.45) is 0 Å². The first-order valence-electron chi connectivity index (χ1n) is 8.42. The van der Waals surface area contributed by atoms with Crippen LogP contribution in [0.5, 0.6) is 0 Å². The zero-order valence-electron chi connectivity index (χ0n) is 14.3. The van der Waals surface area contributed by atoms with Crippen LogP contribution >= 0.6 is 0 Å². The van der Waals surface area contributed by atoms with Gasteiger partial charge in [0.15, 0.2) is 5.60 Å². The van der Waals surface area contributed by atoms with Gasteiger partial charge in [-0.15, -0.1) is 0 Å².